The van der Waals surface area contributed by atoms with Crippen LogP contribution < -0.4 is 10.1 Å². The smallest absolute Gasteiger partial charge is 0.138 e. The Morgan fingerprint density at radius 2 is 1.74 bits per heavy atom. The third-order valence-electron chi connectivity index (χ3n) is 2.93. The molecule has 0 bridgehead atoms. The van der Waals surface area contributed by atoms with Crippen LogP contribution in [0.3, 0.4) is 0 Å². The fraction of sp³-hybridized carbons (Fsp3) is 0.250. The van der Waals surface area contributed by atoms with Crippen molar-refractivity contribution < 1.29 is 4.74 Å². The van der Waals surface area contributed by atoms with Crippen LogP contribution in [0.1, 0.15) is 18.1 Å². The molecular formula is C16H18ClNO. The van der Waals surface area contributed by atoms with Gasteiger partial charge in [0, 0.05) is 6.42 Å². The highest BCUT2D eigenvalue weighted by Gasteiger charge is 2.14. The SMILES string of the molecule is CNCCC(Oc1ccccc1Cl)c1ccccc1. The van der Waals surface area contributed by atoms with E-state index in [4.69, 9.17) is 16.3 Å². The van der Waals surface area contributed by atoms with Crippen LogP contribution in [0.25, 0.3) is 0 Å². The van der Waals surface area contributed by atoms with E-state index in [9.17, 15) is 0 Å². The highest BCUT2D eigenvalue weighted by atomic mass is 35.5. The third kappa shape index (κ3) is 3.98. The summed E-state index contributed by atoms with van der Waals surface area (Å²) in [6.07, 6.45) is 0.902. The number of ether oxygens (including phenoxy) is 1. The first-order valence-corrected chi connectivity index (χ1v) is 6.80. The lowest BCUT2D eigenvalue weighted by Crippen LogP contribution is -2.16. The molecule has 0 saturated heterocycles. The molecule has 1 N–H and O–H groups in total. The second-order valence-electron chi connectivity index (χ2n) is 4.34. The summed E-state index contributed by atoms with van der Waals surface area (Å²) in [6.45, 7) is 0.893. The zero-order valence-corrected chi connectivity index (χ0v) is 11.7. The normalized spacial score (nSPS) is 12.1. The lowest BCUT2D eigenvalue weighted by molar-refractivity contribution is 0.195. The second kappa shape index (κ2) is 7.17. The Morgan fingerprint density at radius 1 is 1.05 bits per heavy atom. The van der Waals surface area contributed by atoms with Gasteiger partial charge in [0.1, 0.15) is 11.9 Å². The van der Waals surface area contributed by atoms with Crippen molar-refractivity contribution in [3.63, 3.8) is 0 Å². The van der Waals surface area contributed by atoms with Crippen LogP contribution in [0, 0.1) is 0 Å². The number of halogens is 1. The fourth-order valence-corrected chi connectivity index (χ4v) is 2.11. The molecule has 0 spiro atoms. The summed E-state index contributed by atoms with van der Waals surface area (Å²) >= 11 is 6.15. The van der Waals surface area contributed by atoms with Crippen LogP contribution in [0.5, 0.6) is 5.75 Å². The van der Waals surface area contributed by atoms with E-state index in [1.54, 1.807) is 0 Å². The molecule has 0 fully saturated rings. The van der Waals surface area contributed by atoms with Gasteiger partial charge >= 0.3 is 0 Å². The maximum absolute atomic E-state index is 6.15. The number of hydrogen-bond acceptors (Lipinski definition) is 2. The zero-order valence-electron chi connectivity index (χ0n) is 11.0. The molecule has 1 unspecified atom stereocenters. The molecule has 2 aromatic carbocycles. The summed E-state index contributed by atoms with van der Waals surface area (Å²) in [5, 5.41) is 3.80. The van der Waals surface area contributed by atoms with Crippen molar-refractivity contribution >= 4 is 11.6 Å². The van der Waals surface area contributed by atoms with Crippen molar-refractivity contribution in [3.8, 4) is 5.75 Å². The Morgan fingerprint density at radius 3 is 2.42 bits per heavy atom. The minimum Gasteiger partial charge on any atom is -0.484 e. The van der Waals surface area contributed by atoms with Crippen LogP contribution in [0.15, 0.2) is 54.6 Å². The standard InChI is InChI=1S/C16H18ClNO/c1-18-12-11-15(13-7-3-2-4-8-13)19-16-10-6-5-9-14(16)17/h2-10,15,18H,11-12H2,1H3. The number of nitrogens with one attached hydrogen (secondary N) is 1. The second-order valence-corrected chi connectivity index (χ2v) is 4.75. The molecule has 0 radical (unpaired) electrons. The summed E-state index contributed by atoms with van der Waals surface area (Å²) in [5.41, 5.74) is 1.16. The Bertz CT molecular complexity index is 501. The first-order chi connectivity index (χ1) is 9.31. The molecule has 0 aliphatic carbocycles. The molecule has 0 saturated carbocycles. The summed E-state index contributed by atoms with van der Waals surface area (Å²) in [7, 11) is 1.94. The molecule has 2 aromatic rings. The summed E-state index contributed by atoms with van der Waals surface area (Å²) in [4.78, 5) is 0. The van der Waals surface area contributed by atoms with Gasteiger partial charge in [0.05, 0.1) is 5.02 Å². The van der Waals surface area contributed by atoms with Gasteiger partial charge in [-0.15, -0.1) is 0 Å². The number of rotatable bonds is 6. The first-order valence-electron chi connectivity index (χ1n) is 6.42. The van der Waals surface area contributed by atoms with E-state index in [1.807, 2.05) is 49.5 Å². The minimum absolute atomic E-state index is 0.00792. The molecule has 0 heterocycles. The molecule has 100 valence electrons. The van der Waals surface area contributed by atoms with Crippen molar-refractivity contribution in [3.05, 3.63) is 65.2 Å². The van der Waals surface area contributed by atoms with Crippen LogP contribution >= 0.6 is 11.6 Å². The van der Waals surface area contributed by atoms with Gasteiger partial charge in [-0.3, -0.25) is 0 Å². The molecule has 0 aliphatic rings. The van der Waals surface area contributed by atoms with Crippen LogP contribution in [-0.4, -0.2) is 13.6 Å². The van der Waals surface area contributed by atoms with Crippen molar-refractivity contribution in [2.24, 2.45) is 0 Å². The highest BCUT2D eigenvalue weighted by Crippen LogP contribution is 2.30. The predicted molar refractivity (Wildman–Crippen MR) is 79.8 cm³/mol. The lowest BCUT2D eigenvalue weighted by Gasteiger charge is -2.20. The molecule has 2 rings (SSSR count). The Kier molecular flexibility index (Phi) is 5.25. The molecule has 0 amide bonds. The molecule has 3 heteroatoms. The Labute approximate surface area is 119 Å². The van der Waals surface area contributed by atoms with Crippen LogP contribution in [0.4, 0.5) is 0 Å². The monoisotopic (exact) mass is 275 g/mol. The Balaban J connectivity index is 2.17. The number of para-hydroxylation sites is 1. The van der Waals surface area contributed by atoms with Gasteiger partial charge < -0.3 is 10.1 Å². The average Bonchev–Trinajstić information content (AvgIpc) is 2.46. The van der Waals surface area contributed by atoms with Crippen molar-refractivity contribution in [2.45, 2.75) is 12.5 Å². The maximum atomic E-state index is 6.15. The van der Waals surface area contributed by atoms with Crippen LogP contribution in [0.2, 0.25) is 5.02 Å². The maximum Gasteiger partial charge on any atom is 0.138 e. The summed E-state index contributed by atoms with van der Waals surface area (Å²) in [6, 6.07) is 17.8. The van der Waals surface area contributed by atoms with E-state index in [-0.39, 0.29) is 6.10 Å². The lowest BCUT2D eigenvalue weighted by atomic mass is 10.1. The van der Waals surface area contributed by atoms with Gasteiger partial charge in [0.15, 0.2) is 0 Å². The van der Waals surface area contributed by atoms with E-state index >= 15 is 0 Å². The van der Waals surface area contributed by atoms with Crippen LogP contribution in [-0.2, 0) is 0 Å². The van der Waals surface area contributed by atoms with E-state index in [2.05, 4.69) is 17.4 Å². The molecule has 0 aromatic heterocycles. The Hall–Kier alpha value is -1.51. The molecular weight excluding hydrogens is 258 g/mol. The fourth-order valence-electron chi connectivity index (χ4n) is 1.93. The minimum atomic E-state index is 0.00792. The first kappa shape index (κ1) is 13.9. The van der Waals surface area contributed by atoms with Gasteiger partial charge in [0.25, 0.3) is 0 Å². The predicted octanol–water partition coefficient (Wildman–Crippen LogP) is 4.07. The summed E-state index contributed by atoms with van der Waals surface area (Å²) < 4.78 is 6.06. The average molecular weight is 276 g/mol. The molecule has 1 atom stereocenters. The van der Waals surface area contributed by atoms with Gasteiger partial charge in [0.2, 0.25) is 0 Å². The highest BCUT2D eigenvalue weighted by molar-refractivity contribution is 6.32. The largest absolute Gasteiger partial charge is 0.484 e. The number of hydrogen-bond donors (Lipinski definition) is 1. The van der Waals surface area contributed by atoms with E-state index < -0.39 is 0 Å². The van der Waals surface area contributed by atoms with E-state index in [1.165, 1.54) is 0 Å². The van der Waals surface area contributed by atoms with E-state index in [0.717, 1.165) is 24.3 Å². The van der Waals surface area contributed by atoms with Crippen molar-refractivity contribution in [1.29, 1.82) is 0 Å². The molecule has 2 nitrogen and oxygen atoms in total. The van der Waals surface area contributed by atoms with Gasteiger partial charge in [-0.05, 0) is 31.3 Å². The van der Waals surface area contributed by atoms with E-state index in [0.29, 0.717) is 5.02 Å². The third-order valence-corrected chi connectivity index (χ3v) is 3.25. The van der Waals surface area contributed by atoms with Crippen molar-refractivity contribution in [2.75, 3.05) is 13.6 Å². The molecule has 0 aliphatic heterocycles. The number of benzene rings is 2. The van der Waals surface area contributed by atoms with Gasteiger partial charge in [-0.25, -0.2) is 0 Å². The molecule has 19 heavy (non-hydrogen) atoms. The topological polar surface area (TPSA) is 21.3 Å². The van der Waals surface area contributed by atoms with Gasteiger partial charge in [-0.1, -0.05) is 54.1 Å². The zero-order chi connectivity index (χ0) is 13.5. The summed E-state index contributed by atoms with van der Waals surface area (Å²) in [5.74, 6) is 0.731. The van der Waals surface area contributed by atoms with Gasteiger partial charge in [-0.2, -0.15) is 0 Å². The quantitative estimate of drug-likeness (QED) is 0.858. The van der Waals surface area contributed by atoms with Crippen molar-refractivity contribution in [1.82, 2.24) is 5.32 Å².